The molecule has 3 nitrogen and oxygen atoms in total. The van der Waals surface area contributed by atoms with Gasteiger partial charge in [-0.25, -0.2) is 0 Å². The molecule has 1 atom stereocenters. The molecule has 1 spiro atoms. The summed E-state index contributed by atoms with van der Waals surface area (Å²) in [6.07, 6.45) is 1.87. The highest BCUT2D eigenvalue weighted by atomic mass is 16.7. The van der Waals surface area contributed by atoms with E-state index in [1.54, 1.807) is 0 Å². The van der Waals surface area contributed by atoms with Crippen LogP contribution in [0.3, 0.4) is 0 Å². The van der Waals surface area contributed by atoms with Gasteiger partial charge < -0.3 is 14.8 Å². The summed E-state index contributed by atoms with van der Waals surface area (Å²) in [5, 5.41) is 3.57. The van der Waals surface area contributed by atoms with Gasteiger partial charge in [-0.3, -0.25) is 0 Å². The SMILES string of the molecule is Cc1ccccc1C1CC2(CCN1)OCCO2. The number of hydrogen-bond donors (Lipinski definition) is 1. The Kier molecular flexibility index (Phi) is 2.90. The van der Waals surface area contributed by atoms with E-state index >= 15 is 0 Å². The lowest BCUT2D eigenvalue weighted by atomic mass is 9.90. The minimum Gasteiger partial charge on any atom is -0.347 e. The van der Waals surface area contributed by atoms with Crippen molar-refractivity contribution in [1.29, 1.82) is 0 Å². The van der Waals surface area contributed by atoms with Crippen molar-refractivity contribution in [3.8, 4) is 0 Å². The summed E-state index contributed by atoms with van der Waals surface area (Å²) in [5.74, 6) is -0.321. The Labute approximate surface area is 102 Å². The number of benzene rings is 1. The molecule has 0 radical (unpaired) electrons. The van der Waals surface area contributed by atoms with Gasteiger partial charge >= 0.3 is 0 Å². The molecule has 1 aromatic carbocycles. The molecule has 1 aromatic rings. The van der Waals surface area contributed by atoms with Gasteiger partial charge in [0.05, 0.1) is 13.2 Å². The van der Waals surface area contributed by atoms with Crippen molar-refractivity contribution in [2.45, 2.75) is 31.6 Å². The van der Waals surface area contributed by atoms with Gasteiger partial charge in [0.25, 0.3) is 0 Å². The van der Waals surface area contributed by atoms with E-state index in [4.69, 9.17) is 9.47 Å². The summed E-state index contributed by atoms with van der Waals surface area (Å²) in [5.41, 5.74) is 2.70. The number of aryl methyl sites for hydroxylation is 1. The van der Waals surface area contributed by atoms with Crippen LogP contribution in [0.15, 0.2) is 24.3 Å². The fourth-order valence-corrected chi connectivity index (χ4v) is 2.88. The molecule has 92 valence electrons. The lowest BCUT2D eigenvalue weighted by Crippen LogP contribution is -2.44. The van der Waals surface area contributed by atoms with Crippen LogP contribution in [0.4, 0.5) is 0 Å². The average Bonchev–Trinajstić information content (AvgIpc) is 2.78. The topological polar surface area (TPSA) is 30.5 Å². The average molecular weight is 233 g/mol. The minimum atomic E-state index is -0.321. The summed E-state index contributed by atoms with van der Waals surface area (Å²) in [4.78, 5) is 0. The Morgan fingerprint density at radius 2 is 2.00 bits per heavy atom. The van der Waals surface area contributed by atoms with Gasteiger partial charge in [0.15, 0.2) is 5.79 Å². The maximum absolute atomic E-state index is 5.81. The lowest BCUT2D eigenvalue weighted by Gasteiger charge is -2.37. The lowest BCUT2D eigenvalue weighted by molar-refractivity contribution is -0.180. The second kappa shape index (κ2) is 4.41. The Bertz CT molecular complexity index is 399. The third kappa shape index (κ3) is 2.10. The molecule has 3 heteroatoms. The molecule has 1 N–H and O–H groups in total. The highest BCUT2D eigenvalue weighted by Gasteiger charge is 2.41. The van der Waals surface area contributed by atoms with Gasteiger partial charge in [0, 0.05) is 25.4 Å². The summed E-state index contributed by atoms with van der Waals surface area (Å²) in [6, 6.07) is 8.89. The van der Waals surface area contributed by atoms with E-state index < -0.39 is 0 Å². The standard InChI is InChI=1S/C14H19NO2/c1-11-4-2-3-5-12(11)13-10-14(6-7-15-13)16-8-9-17-14/h2-5,13,15H,6-10H2,1H3. The van der Waals surface area contributed by atoms with E-state index in [1.165, 1.54) is 11.1 Å². The van der Waals surface area contributed by atoms with E-state index in [0.717, 1.165) is 32.6 Å². The molecule has 2 aliphatic heterocycles. The van der Waals surface area contributed by atoms with Gasteiger partial charge in [-0.05, 0) is 18.1 Å². The maximum atomic E-state index is 5.81. The summed E-state index contributed by atoms with van der Waals surface area (Å²) in [6.45, 7) is 4.59. The van der Waals surface area contributed by atoms with E-state index in [-0.39, 0.29) is 5.79 Å². The third-order valence-corrected chi connectivity index (χ3v) is 3.79. The van der Waals surface area contributed by atoms with Crippen LogP contribution in [0.25, 0.3) is 0 Å². The zero-order chi connectivity index (χ0) is 11.7. The molecule has 0 amide bonds. The van der Waals surface area contributed by atoms with Crippen LogP contribution in [0.2, 0.25) is 0 Å². The largest absolute Gasteiger partial charge is 0.347 e. The van der Waals surface area contributed by atoms with Gasteiger partial charge in [-0.1, -0.05) is 24.3 Å². The van der Waals surface area contributed by atoms with Crippen LogP contribution in [0, 0.1) is 6.92 Å². The molecule has 2 fully saturated rings. The normalized spacial score (nSPS) is 27.5. The number of hydrogen-bond acceptors (Lipinski definition) is 3. The molecular weight excluding hydrogens is 214 g/mol. The molecule has 1 unspecified atom stereocenters. The fourth-order valence-electron chi connectivity index (χ4n) is 2.88. The summed E-state index contributed by atoms with van der Waals surface area (Å²) in [7, 11) is 0. The fraction of sp³-hybridized carbons (Fsp3) is 0.571. The molecular formula is C14H19NO2. The first kappa shape index (κ1) is 11.2. The summed E-state index contributed by atoms with van der Waals surface area (Å²) >= 11 is 0. The molecule has 17 heavy (non-hydrogen) atoms. The van der Waals surface area contributed by atoms with E-state index in [9.17, 15) is 0 Å². The quantitative estimate of drug-likeness (QED) is 0.806. The molecule has 0 aliphatic carbocycles. The molecule has 2 aliphatic rings. The van der Waals surface area contributed by atoms with Gasteiger partial charge in [0.2, 0.25) is 0 Å². The first-order valence-electron chi connectivity index (χ1n) is 6.36. The second-order valence-corrected chi connectivity index (χ2v) is 4.93. The van der Waals surface area contributed by atoms with Crippen LogP contribution in [-0.4, -0.2) is 25.5 Å². The smallest absolute Gasteiger partial charge is 0.171 e. The first-order chi connectivity index (χ1) is 8.29. The van der Waals surface area contributed by atoms with Crippen molar-refractivity contribution in [3.05, 3.63) is 35.4 Å². The Morgan fingerprint density at radius 3 is 2.76 bits per heavy atom. The van der Waals surface area contributed by atoms with Crippen molar-refractivity contribution in [2.75, 3.05) is 19.8 Å². The predicted octanol–water partition coefficient (Wildman–Crippen LogP) is 2.16. The Morgan fingerprint density at radius 1 is 1.24 bits per heavy atom. The number of rotatable bonds is 1. The molecule has 2 saturated heterocycles. The third-order valence-electron chi connectivity index (χ3n) is 3.79. The maximum Gasteiger partial charge on any atom is 0.171 e. The van der Waals surface area contributed by atoms with Crippen molar-refractivity contribution >= 4 is 0 Å². The monoisotopic (exact) mass is 233 g/mol. The van der Waals surface area contributed by atoms with Crippen molar-refractivity contribution in [1.82, 2.24) is 5.32 Å². The molecule has 2 heterocycles. The predicted molar refractivity (Wildman–Crippen MR) is 65.8 cm³/mol. The molecule has 3 rings (SSSR count). The Hall–Kier alpha value is -0.900. The van der Waals surface area contributed by atoms with Crippen LogP contribution in [-0.2, 0) is 9.47 Å². The van der Waals surface area contributed by atoms with Gasteiger partial charge in [-0.2, -0.15) is 0 Å². The van der Waals surface area contributed by atoms with E-state index in [0.29, 0.717) is 6.04 Å². The zero-order valence-corrected chi connectivity index (χ0v) is 10.2. The minimum absolute atomic E-state index is 0.321. The summed E-state index contributed by atoms with van der Waals surface area (Å²) < 4.78 is 11.6. The highest BCUT2D eigenvalue weighted by Crippen LogP contribution is 2.37. The van der Waals surface area contributed by atoms with Crippen LogP contribution in [0.5, 0.6) is 0 Å². The molecule has 0 bridgehead atoms. The Balaban J connectivity index is 1.82. The van der Waals surface area contributed by atoms with Crippen molar-refractivity contribution in [2.24, 2.45) is 0 Å². The van der Waals surface area contributed by atoms with Crippen LogP contribution >= 0.6 is 0 Å². The van der Waals surface area contributed by atoms with Crippen molar-refractivity contribution in [3.63, 3.8) is 0 Å². The van der Waals surface area contributed by atoms with E-state index in [1.807, 2.05) is 0 Å². The number of piperidine rings is 1. The zero-order valence-electron chi connectivity index (χ0n) is 10.2. The van der Waals surface area contributed by atoms with Crippen molar-refractivity contribution < 1.29 is 9.47 Å². The second-order valence-electron chi connectivity index (χ2n) is 4.93. The number of nitrogens with one attached hydrogen (secondary N) is 1. The van der Waals surface area contributed by atoms with Gasteiger partial charge in [0.1, 0.15) is 0 Å². The first-order valence-corrected chi connectivity index (χ1v) is 6.36. The molecule has 0 saturated carbocycles. The van der Waals surface area contributed by atoms with Gasteiger partial charge in [-0.15, -0.1) is 0 Å². The van der Waals surface area contributed by atoms with Crippen LogP contribution in [0.1, 0.15) is 30.0 Å². The number of ether oxygens (including phenoxy) is 2. The van der Waals surface area contributed by atoms with Crippen LogP contribution < -0.4 is 5.32 Å². The highest BCUT2D eigenvalue weighted by molar-refractivity contribution is 5.29. The van der Waals surface area contributed by atoms with E-state index in [2.05, 4.69) is 36.5 Å². The molecule has 0 aromatic heterocycles.